The average Bonchev–Trinajstić information content (AvgIpc) is 2.26. The smallest absolute Gasteiger partial charge is 0.165 e. The van der Waals surface area contributed by atoms with Gasteiger partial charge in [-0.25, -0.2) is 4.39 Å². The van der Waals surface area contributed by atoms with Gasteiger partial charge in [0.15, 0.2) is 5.78 Å². The molecule has 0 fully saturated rings. The second-order valence-electron chi connectivity index (χ2n) is 4.42. The zero-order chi connectivity index (χ0) is 12.1. The van der Waals surface area contributed by atoms with Gasteiger partial charge in [0, 0.05) is 6.42 Å². The third-order valence-electron chi connectivity index (χ3n) is 2.71. The first kappa shape index (κ1) is 12.9. The highest BCUT2D eigenvalue weighted by Crippen LogP contribution is 2.19. The fourth-order valence-corrected chi connectivity index (χ4v) is 1.59. The Kier molecular flexibility index (Phi) is 4.66. The standard InChI is InChI=1S/C14H19FO/c1-4-5-6-14(16)12-9-11(10(2)3)7-8-13(12)15/h7-10H,4-6H2,1-3H3. The number of carbonyl (C=O) groups is 1. The zero-order valence-electron chi connectivity index (χ0n) is 10.2. The maximum Gasteiger partial charge on any atom is 0.165 e. The highest BCUT2D eigenvalue weighted by atomic mass is 19.1. The summed E-state index contributed by atoms with van der Waals surface area (Å²) in [6, 6.07) is 4.84. The van der Waals surface area contributed by atoms with E-state index in [4.69, 9.17) is 0 Å². The minimum absolute atomic E-state index is 0.0816. The topological polar surface area (TPSA) is 17.1 Å². The molecular formula is C14H19FO. The SMILES string of the molecule is CCCCC(=O)c1cc(C(C)C)ccc1F. The molecule has 0 unspecified atom stereocenters. The lowest BCUT2D eigenvalue weighted by Gasteiger charge is -2.08. The van der Waals surface area contributed by atoms with E-state index in [0.29, 0.717) is 12.3 Å². The van der Waals surface area contributed by atoms with Crippen molar-refractivity contribution in [3.05, 3.63) is 35.1 Å². The van der Waals surface area contributed by atoms with Crippen LogP contribution in [-0.4, -0.2) is 5.78 Å². The lowest BCUT2D eigenvalue weighted by Crippen LogP contribution is -2.04. The Labute approximate surface area is 96.7 Å². The summed E-state index contributed by atoms with van der Waals surface area (Å²) >= 11 is 0. The summed E-state index contributed by atoms with van der Waals surface area (Å²) in [6.45, 7) is 6.09. The molecule has 2 heteroatoms. The summed E-state index contributed by atoms with van der Waals surface area (Å²) < 4.78 is 13.5. The van der Waals surface area contributed by atoms with Gasteiger partial charge in [0.05, 0.1) is 5.56 Å². The second-order valence-corrected chi connectivity index (χ2v) is 4.42. The van der Waals surface area contributed by atoms with E-state index >= 15 is 0 Å². The molecule has 0 aliphatic rings. The monoisotopic (exact) mass is 222 g/mol. The highest BCUT2D eigenvalue weighted by Gasteiger charge is 2.12. The molecule has 0 N–H and O–H groups in total. The van der Waals surface area contributed by atoms with Gasteiger partial charge < -0.3 is 0 Å². The van der Waals surface area contributed by atoms with Crippen LogP contribution < -0.4 is 0 Å². The number of ketones is 1. The van der Waals surface area contributed by atoms with Gasteiger partial charge in [-0.15, -0.1) is 0 Å². The van der Waals surface area contributed by atoms with Crippen molar-refractivity contribution in [3.8, 4) is 0 Å². The number of hydrogen-bond donors (Lipinski definition) is 0. The van der Waals surface area contributed by atoms with Gasteiger partial charge in [-0.3, -0.25) is 4.79 Å². The van der Waals surface area contributed by atoms with Gasteiger partial charge in [-0.1, -0.05) is 33.3 Å². The molecule has 1 aromatic rings. The minimum atomic E-state index is -0.398. The van der Waals surface area contributed by atoms with E-state index in [9.17, 15) is 9.18 Å². The summed E-state index contributed by atoms with van der Waals surface area (Å²) in [5.74, 6) is -0.161. The summed E-state index contributed by atoms with van der Waals surface area (Å²) in [5, 5.41) is 0. The lowest BCUT2D eigenvalue weighted by molar-refractivity contribution is 0.0976. The summed E-state index contributed by atoms with van der Waals surface area (Å²) in [5.41, 5.74) is 1.26. The lowest BCUT2D eigenvalue weighted by atomic mass is 9.97. The van der Waals surface area contributed by atoms with E-state index in [1.807, 2.05) is 20.8 Å². The second kappa shape index (κ2) is 5.78. The molecule has 88 valence electrons. The van der Waals surface area contributed by atoms with Gasteiger partial charge in [0.25, 0.3) is 0 Å². The molecule has 0 bridgehead atoms. The first-order valence-electron chi connectivity index (χ1n) is 5.89. The maximum absolute atomic E-state index is 13.5. The van der Waals surface area contributed by atoms with Crippen LogP contribution in [0.25, 0.3) is 0 Å². The van der Waals surface area contributed by atoms with Crippen LogP contribution >= 0.6 is 0 Å². The molecule has 0 amide bonds. The van der Waals surface area contributed by atoms with Gasteiger partial charge in [0.2, 0.25) is 0 Å². The molecule has 0 radical (unpaired) electrons. The quantitative estimate of drug-likeness (QED) is 0.678. The number of carbonyl (C=O) groups excluding carboxylic acids is 1. The Morgan fingerprint density at radius 3 is 2.62 bits per heavy atom. The van der Waals surface area contributed by atoms with Gasteiger partial charge in [-0.05, 0) is 30.0 Å². The number of unbranched alkanes of at least 4 members (excludes halogenated alkanes) is 1. The van der Waals surface area contributed by atoms with Crippen LogP contribution in [0.2, 0.25) is 0 Å². The Balaban J connectivity index is 2.93. The maximum atomic E-state index is 13.5. The molecule has 0 aliphatic carbocycles. The molecule has 0 atom stereocenters. The molecule has 0 aliphatic heterocycles. The van der Waals surface area contributed by atoms with Crippen LogP contribution in [0.4, 0.5) is 4.39 Å². The normalized spacial score (nSPS) is 10.8. The number of Topliss-reactive ketones (excluding diaryl/α,β-unsaturated/α-hetero) is 1. The van der Waals surface area contributed by atoms with Crippen LogP contribution in [-0.2, 0) is 0 Å². The Bertz CT molecular complexity index is 369. The van der Waals surface area contributed by atoms with E-state index in [1.54, 1.807) is 12.1 Å². The van der Waals surface area contributed by atoms with E-state index in [2.05, 4.69) is 0 Å². The minimum Gasteiger partial charge on any atom is -0.294 e. The fraction of sp³-hybridized carbons (Fsp3) is 0.500. The zero-order valence-corrected chi connectivity index (χ0v) is 10.2. The molecule has 0 spiro atoms. The van der Waals surface area contributed by atoms with Crippen molar-refractivity contribution in [2.45, 2.75) is 46.0 Å². The largest absolute Gasteiger partial charge is 0.294 e. The molecule has 0 heterocycles. The average molecular weight is 222 g/mol. The van der Waals surface area contributed by atoms with Crippen molar-refractivity contribution in [3.63, 3.8) is 0 Å². The highest BCUT2D eigenvalue weighted by molar-refractivity contribution is 5.96. The van der Waals surface area contributed by atoms with Crippen molar-refractivity contribution in [2.24, 2.45) is 0 Å². The molecule has 16 heavy (non-hydrogen) atoms. The van der Waals surface area contributed by atoms with Crippen molar-refractivity contribution >= 4 is 5.78 Å². The number of hydrogen-bond acceptors (Lipinski definition) is 1. The number of benzene rings is 1. The van der Waals surface area contributed by atoms with E-state index in [1.165, 1.54) is 6.07 Å². The predicted molar refractivity (Wildman–Crippen MR) is 64.3 cm³/mol. The van der Waals surface area contributed by atoms with Crippen molar-refractivity contribution in [1.29, 1.82) is 0 Å². The van der Waals surface area contributed by atoms with Crippen molar-refractivity contribution < 1.29 is 9.18 Å². The van der Waals surface area contributed by atoms with Crippen molar-refractivity contribution in [2.75, 3.05) is 0 Å². The van der Waals surface area contributed by atoms with Crippen LogP contribution in [0.15, 0.2) is 18.2 Å². The van der Waals surface area contributed by atoms with E-state index in [-0.39, 0.29) is 11.3 Å². The Morgan fingerprint density at radius 2 is 2.06 bits per heavy atom. The molecule has 1 aromatic carbocycles. The summed E-state index contributed by atoms with van der Waals surface area (Å²) in [7, 11) is 0. The van der Waals surface area contributed by atoms with Crippen LogP contribution in [0.1, 0.15) is 61.9 Å². The Hall–Kier alpha value is -1.18. The molecule has 0 aromatic heterocycles. The number of halogens is 1. The number of rotatable bonds is 5. The first-order valence-corrected chi connectivity index (χ1v) is 5.89. The van der Waals surface area contributed by atoms with Crippen LogP contribution in [0.3, 0.4) is 0 Å². The van der Waals surface area contributed by atoms with Crippen molar-refractivity contribution in [1.82, 2.24) is 0 Å². The molecule has 0 saturated heterocycles. The summed E-state index contributed by atoms with van der Waals surface area (Å²) in [4.78, 5) is 11.8. The molecular weight excluding hydrogens is 203 g/mol. The van der Waals surface area contributed by atoms with Gasteiger partial charge in [0.1, 0.15) is 5.82 Å². The first-order chi connectivity index (χ1) is 7.56. The fourth-order valence-electron chi connectivity index (χ4n) is 1.59. The molecule has 1 rings (SSSR count). The third-order valence-corrected chi connectivity index (χ3v) is 2.71. The summed E-state index contributed by atoms with van der Waals surface area (Å²) in [6.07, 6.45) is 2.22. The Morgan fingerprint density at radius 1 is 1.38 bits per heavy atom. The van der Waals surface area contributed by atoms with Gasteiger partial charge in [-0.2, -0.15) is 0 Å². The van der Waals surface area contributed by atoms with Crippen LogP contribution in [0, 0.1) is 5.82 Å². The molecule has 1 nitrogen and oxygen atoms in total. The van der Waals surface area contributed by atoms with E-state index < -0.39 is 5.82 Å². The van der Waals surface area contributed by atoms with E-state index in [0.717, 1.165) is 18.4 Å². The molecule has 0 saturated carbocycles. The van der Waals surface area contributed by atoms with Gasteiger partial charge >= 0.3 is 0 Å². The predicted octanol–water partition coefficient (Wildman–Crippen LogP) is 4.32. The van der Waals surface area contributed by atoms with Crippen LogP contribution in [0.5, 0.6) is 0 Å². The third kappa shape index (κ3) is 3.16.